The molecule has 7 nitrogen and oxygen atoms in total. The summed E-state index contributed by atoms with van der Waals surface area (Å²) in [7, 11) is 1.12. The monoisotopic (exact) mass is 341 g/mol. The third-order valence-electron chi connectivity index (χ3n) is 2.09. The minimum atomic E-state index is -0.898. The predicted octanol–water partition coefficient (Wildman–Crippen LogP) is 1.60. The summed E-state index contributed by atoms with van der Waals surface area (Å²) in [6.07, 6.45) is 0. The molecule has 1 aromatic carbocycles. The summed E-state index contributed by atoms with van der Waals surface area (Å²) in [6, 6.07) is 4.11. The molecule has 4 N–H and O–H groups in total. The van der Waals surface area contributed by atoms with Crippen molar-refractivity contribution in [2.45, 2.75) is 0 Å². The van der Waals surface area contributed by atoms with Crippen LogP contribution in [0.5, 0.6) is 0 Å². The molecule has 0 bridgehead atoms. The van der Waals surface area contributed by atoms with Gasteiger partial charge in [-0.25, -0.2) is 9.18 Å². The summed E-state index contributed by atoms with van der Waals surface area (Å²) in [6.45, 7) is 0. The van der Waals surface area contributed by atoms with E-state index >= 15 is 0 Å². The molecule has 0 fully saturated rings. The van der Waals surface area contributed by atoms with Gasteiger partial charge in [0.05, 0.1) is 18.4 Å². The molecule has 0 saturated carbocycles. The van der Waals surface area contributed by atoms with E-state index in [2.05, 4.69) is 31.2 Å². The first-order chi connectivity index (χ1) is 9.40. The Morgan fingerprint density at radius 3 is 2.80 bits per heavy atom. The highest BCUT2D eigenvalue weighted by Gasteiger charge is 2.17. The molecule has 0 aromatic heterocycles. The second kappa shape index (κ2) is 6.63. The normalized spacial score (nSPS) is 10.6. The van der Waals surface area contributed by atoms with E-state index in [4.69, 9.17) is 16.4 Å². The fourth-order valence-electron chi connectivity index (χ4n) is 1.19. The number of benzene rings is 1. The van der Waals surface area contributed by atoms with Gasteiger partial charge in [0.25, 0.3) is 0 Å². The number of carbonyl (C=O) groups excluding carboxylic acids is 1. The smallest absolute Gasteiger partial charge is 0.340 e. The number of nitriles is 1. The fraction of sp³-hybridized carbons (Fsp3) is 0.0909. The van der Waals surface area contributed by atoms with Crippen LogP contribution in [0, 0.1) is 22.6 Å². The Labute approximate surface area is 121 Å². The number of anilines is 1. The molecule has 20 heavy (non-hydrogen) atoms. The Morgan fingerprint density at radius 2 is 2.30 bits per heavy atom. The number of nitrogens with zero attached hydrogens (tertiary/aromatic N) is 2. The number of carbonyl (C=O) groups is 1. The van der Waals surface area contributed by atoms with Gasteiger partial charge >= 0.3 is 5.97 Å². The van der Waals surface area contributed by atoms with Crippen molar-refractivity contribution >= 4 is 39.1 Å². The second-order valence-electron chi connectivity index (χ2n) is 3.40. The summed E-state index contributed by atoms with van der Waals surface area (Å²) in [5.41, 5.74) is 6.44. The average Bonchev–Trinajstić information content (AvgIpc) is 2.41. The maximum Gasteiger partial charge on any atom is 0.340 e. The maximum atomic E-state index is 14.0. The number of nitrogens with two attached hydrogens (primary N) is 1. The Balaban J connectivity index is 3.21. The fourth-order valence-corrected chi connectivity index (χ4v) is 1.65. The van der Waals surface area contributed by atoms with Gasteiger partial charge in [0.1, 0.15) is 6.07 Å². The average molecular weight is 342 g/mol. The molecular weight excluding hydrogens is 333 g/mol. The molecule has 0 heterocycles. The van der Waals surface area contributed by atoms with Crippen molar-refractivity contribution in [2.75, 3.05) is 12.5 Å². The van der Waals surface area contributed by atoms with Crippen molar-refractivity contribution in [1.82, 2.24) is 0 Å². The van der Waals surface area contributed by atoms with Crippen molar-refractivity contribution < 1.29 is 13.9 Å². The molecule has 1 aromatic rings. The molecule has 0 spiro atoms. The number of ether oxygens (including phenoxy) is 1. The van der Waals surface area contributed by atoms with Crippen LogP contribution in [0.1, 0.15) is 10.4 Å². The van der Waals surface area contributed by atoms with Gasteiger partial charge in [-0.05, 0) is 12.1 Å². The lowest BCUT2D eigenvalue weighted by Crippen LogP contribution is -2.22. The number of hydrazone groups is 1. The van der Waals surface area contributed by atoms with E-state index in [0.717, 1.165) is 7.11 Å². The molecule has 0 radical (unpaired) electrons. The van der Waals surface area contributed by atoms with Crippen LogP contribution in [0.2, 0.25) is 0 Å². The molecular formula is C11H9BrFN5O2. The Bertz CT molecular complexity index is 638. The minimum absolute atomic E-state index is 0.172. The molecule has 0 aliphatic rings. The number of methoxy groups -OCH3 is 1. The van der Waals surface area contributed by atoms with E-state index in [-0.39, 0.29) is 11.3 Å². The van der Waals surface area contributed by atoms with Gasteiger partial charge < -0.3 is 10.5 Å². The van der Waals surface area contributed by atoms with Crippen LogP contribution in [0.15, 0.2) is 21.7 Å². The lowest BCUT2D eigenvalue weighted by Gasteiger charge is -2.08. The Kier molecular flexibility index (Phi) is 5.16. The van der Waals surface area contributed by atoms with E-state index in [1.807, 2.05) is 0 Å². The largest absolute Gasteiger partial charge is 0.465 e. The van der Waals surface area contributed by atoms with Crippen molar-refractivity contribution in [3.63, 3.8) is 0 Å². The molecule has 0 aliphatic carbocycles. The van der Waals surface area contributed by atoms with E-state index in [1.54, 1.807) is 6.07 Å². The van der Waals surface area contributed by atoms with Crippen LogP contribution in [0.25, 0.3) is 0 Å². The highest BCUT2D eigenvalue weighted by atomic mass is 79.9. The highest BCUT2D eigenvalue weighted by Crippen LogP contribution is 2.25. The van der Waals surface area contributed by atoms with Crippen LogP contribution in [0.3, 0.4) is 0 Å². The number of hydrogen-bond acceptors (Lipinski definition) is 6. The summed E-state index contributed by atoms with van der Waals surface area (Å²) in [4.78, 5) is 11.4. The molecule has 0 aliphatic heterocycles. The molecule has 0 amide bonds. The zero-order valence-electron chi connectivity index (χ0n) is 10.2. The molecule has 0 saturated heterocycles. The zero-order chi connectivity index (χ0) is 15.3. The number of nitrogens with one attached hydrogen (secondary N) is 2. The SMILES string of the molecule is COC(=O)c1cc(Br)cc(N/N=C(\C#N)C(=N)N)c1F. The third kappa shape index (κ3) is 3.52. The summed E-state index contributed by atoms with van der Waals surface area (Å²) in [5, 5.41) is 19.2. The van der Waals surface area contributed by atoms with Gasteiger partial charge in [-0.3, -0.25) is 10.8 Å². The third-order valence-corrected chi connectivity index (χ3v) is 2.55. The van der Waals surface area contributed by atoms with Gasteiger partial charge in [-0.1, -0.05) is 15.9 Å². The topological polar surface area (TPSA) is 124 Å². The second-order valence-corrected chi connectivity index (χ2v) is 4.32. The quantitative estimate of drug-likeness (QED) is 0.332. The van der Waals surface area contributed by atoms with Crippen molar-refractivity contribution in [2.24, 2.45) is 10.8 Å². The molecule has 0 unspecified atom stereocenters. The zero-order valence-corrected chi connectivity index (χ0v) is 11.8. The number of rotatable bonds is 4. The molecule has 1 rings (SSSR count). The van der Waals surface area contributed by atoms with Crippen LogP contribution in [-0.2, 0) is 4.74 Å². The van der Waals surface area contributed by atoms with E-state index < -0.39 is 23.3 Å². The first-order valence-corrected chi connectivity index (χ1v) is 5.85. The maximum absolute atomic E-state index is 14.0. The number of halogens is 2. The van der Waals surface area contributed by atoms with E-state index in [0.29, 0.717) is 4.47 Å². The van der Waals surface area contributed by atoms with Crippen LogP contribution < -0.4 is 11.2 Å². The highest BCUT2D eigenvalue weighted by molar-refractivity contribution is 9.10. The van der Waals surface area contributed by atoms with Gasteiger partial charge in [0, 0.05) is 4.47 Å². The van der Waals surface area contributed by atoms with Crippen molar-refractivity contribution in [3.8, 4) is 6.07 Å². The first-order valence-electron chi connectivity index (χ1n) is 5.06. The van der Waals surface area contributed by atoms with Crippen LogP contribution in [0.4, 0.5) is 10.1 Å². The van der Waals surface area contributed by atoms with E-state index in [1.165, 1.54) is 12.1 Å². The van der Waals surface area contributed by atoms with Gasteiger partial charge in [-0.2, -0.15) is 10.4 Å². The molecule has 0 atom stereocenters. The molecule has 104 valence electrons. The van der Waals surface area contributed by atoms with Gasteiger partial charge in [0.15, 0.2) is 11.7 Å². The lowest BCUT2D eigenvalue weighted by atomic mass is 10.2. The minimum Gasteiger partial charge on any atom is -0.465 e. The Hall–Kier alpha value is -2.47. The molecule has 9 heteroatoms. The predicted molar refractivity (Wildman–Crippen MR) is 74.0 cm³/mol. The standard InChI is InChI=1S/C11H9BrFN5O2/c1-20-11(19)6-2-5(12)3-7(9(6)13)17-18-8(4-14)10(15)16/h2-3,17H,1H3,(H3,15,16)/b18-8+. The summed E-state index contributed by atoms with van der Waals surface area (Å²) in [5.74, 6) is -2.32. The Morgan fingerprint density at radius 1 is 1.65 bits per heavy atom. The van der Waals surface area contributed by atoms with Gasteiger partial charge in [0.2, 0.25) is 5.71 Å². The summed E-state index contributed by atoms with van der Waals surface area (Å²) >= 11 is 3.10. The lowest BCUT2D eigenvalue weighted by molar-refractivity contribution is 0.0595. The van der Waals surface area contributed by atoms with Crippen molar-refractivity contribution in [1.29, 1.82) is 10.7 Å². The van der Waals surface area contributed by atoms with Gasteiger partial charge in [-0.15, -0.1) is 0 Å². The number of esters is 1. The number of amidine groups is 1. The summed E-state index contributed by atoms with van der Waals surface area (Å²) < 4.78 is 18.9. The first kappa shape index (κ1) is 15.6. The van der Waals surface area contributed by atoms with E-state index in [9.17, 15) is 9.18 Å². The van der Waals surface area contributed by atoms with Crippen molar-refractivity contribution in [3.05, 3.63) is 28.0 Å². The van der Waals surface area contributed by atoms with Crippen LogP contribution in [-0.4, -0.2) is 24.6 Å². The van der Waals surface area contributed by atoms with Crippen LogP contribution >= 0.6 is 15.9 Å². The number of hydrogen-bond donors (Lipinski definition) is 3.